The molecule has 0 aliphatic rings. The lowest BCUT2D eigenvalue weighted by molar-refractivity contribution is -0.119. The van der Waals surface area contributed by atoms with E-state index < -0.39 is 0 Å². The lowest BCUT2D eigenvalue weighted by Gasteiger charge is -2.12. The van der Waals surface area contributed by atoms with Crippen LogP contribution in [0.15, 0.2) is 48.5 Å². The molecule has 0 atom stereocenters. The van der Waals surface area contributed by atoms with E-state index in [9.17, 15) is 4.79 Å². The number of nitrogens with one attached hydrogen (secondary N) is 4. The fourth-order valence-corrected chi connectivity index (χ4v) is 2.18. The third-order valence-electron chi connectivity index (χ3n) is 3.44. The number of hydrazine groups is 1. The van der Waals surface area contributed by atoms with Crippen molar-refractivity contribution in [2.75, 3.05) is 17.2 Å². The maximum atomic E-state index is 11.8. The van der Waals surface area contributed by atoms with E-state index in [0.717, 1.165) is 17.8 Å². The first-order valence-corrected chi connectivity index (χ1v) is 8.23. The Hall–Kier alpha value is -2.60. The number of amides is 1. The molecule has 24 heavy (non-hydrogen) atoms. The van der Waals surface area contributed by atoms with Gasteiger partial charge in [-0.25, -0.2) is 0 Å². The molecule has 0 aliphatic carbocycles. The Morgan fingerprint density at radius 3 is 2.21 bits per heavy atom. The van der Waals surface area contributed by atoms with Crippen molar-refractivity contribution in [3.05, 3.63) is 59.7 Å². The van der Waals surface area contributed by atoms with E-state index in [1.165, 1.54) is 11.1 Å². The maximum Gasteiger partial charge on any atom is 0.257 e. The van der Waals surface area contributed by atoms with Gasteiger partial charge in [-0.3, -0.25) is 15.6 Å². The van der Waals surface area contributed by atoms with E-state index >= 15 is 0 Å². The first kappa shape index (κ1) is 17.7. The second-order valence-corrected chi connectivity index (χ2v) is 5.81. The zero-order valence-electron chi connectivity index (χ0n) is 13.8. The van der Waals surface area contributed by atoms with Gasteiger partial charge < -0.3 is 10.6 Å². The lowest BCUT2D eigenvalue weighted by atomic mass is 10.1. The van der Waals surface area contributed by atoms with Crippen molar-refractivity contribution >= 4 is 34.6 Å². The average molecular weight is 342 g/mol. The molecule has 0 saturated carbocycles. The summed E-state index contributed by atoms with van der Waals surface area (Å²) in [6, 6.07) is 15.8. The van der Waals surface area contributed by atoms with Crippen LogP contribution in [-0.2, 0) is 11.2 Å². The SMILES string of the molecule is CCc1ccc(NC(=S)NNC(=O)CNc2ccc(C)cc2)cc1. The highest BCUT2D eigenvalue weighted by Crippen LogP contribution is 2.09. The number of carbonyl (C=O) groups excluding carboxylic acids is 1. The van der Waals surface area contributed by atoms with Crippen molar-refractivity contribution in [3.8, 4) is 0 Å². The molecule has 2 aromatic carbocycles. The number of hydrogen-bond donors (Lipinski definition) is 4. The minimum absolute atomic E-state index is 0.157. The first-order valence-electron chi connectivity index (χ1n) is 7.82. The molecule has 0 spiro atoms. The second-order valence-electron chi connectivity index (χ2n) is 5.40. The summed E-state index contributed by atoms with van der Waals surface area (Å²) in [6.07, 6.45) is 0.993. The van der Waals surface area contributed by atoms with E-state index in [0.29, 0.717) is 5.11 Å². The zero-order chi connectivity index (χ0) is 17.4. The Morgan fingerprint density at radius 2 is 1.58 bits per heavy atom. The first-order chi connectivity index (χ1) is 11.6. The molecule has 0 aromatic heterocycles. The summed E-state index contributed by atoms with van der Waals surface area (Å²) in [7, 11) is 0. The Bertz CT molecular complexity index is 683. The molecule has 2 rings (SSSR count). The molecule has 6 heteroatoms. The summed E-state index contributed by atoms with van der Waals surface area (Å²) in [5, 5.41) is 6.39. The number of rotatable bonds is 5. The second kappa shape index (κ2) is 8.88. The standard InChI is InChI=1S/C18H22N4OS/c1-3-14-6-10-16(11-7-14)20-18(24)22-21-17(23)12-19-15-8-4-13(2)5-9-15/h4-11,19H,3,12H2,1-2H3,(H,21,23)(H2,20,22,24). The molecule has 1 amide bonds. The summed E-state index contributed by atoms with van der Waals surface area (Å²) in [4.78, 5) is 11.8. The van der Waals surface area contributed by atoms with Crippen LogP contribution in [0, 0.1) is 6.92 Å². The third-order valence-corrected chi connectivity index (χ3v) is 3.64. The summed E-state index contributed by atoms with van der Waals surface area (Å²) in [5.41, 5.74) is 9.44. The van der Waals surface area contributed by atoms with Gasteiger partial charge in [-0.2, -0.15) is 0 Å². The van der Waals surface area contributed by atoms with Crippen LogP contribution in [0.3, 0.4) is 0 Å². The van der Waals surface area contributed by atoms with Crippen molar-refractivity contribution in [2.45, 2.75) is 20.3 Å². The molecule has 5 nitrogen and oxygen atoms in total. The smallest absolute Gasteiger partial charge is 0.257 e. The van der Waals surface area contributed by atoms with Crippen LogP contribution < -0.4 is 21.5 Å². The van der Waals surface area contributed by atoms with Gasteiger partial charge in [0.15, 0.2) is 5.11 Å². The van der Waals surface area contributed by atoms with Gasteiger partial charge in [-0.05, 0) is 55.4 Å². The van der Waals surface area contributed by atoms with Gasteiger partial charge in [0.05, 0.1) is 6.54 Å². The van der Waals surface area contributed by atoms with Crippen LogP contribution in [0.5, 0.6) is 0 Å². The molecule has 0 bridgehead atoms. The van der Waals surface area contributed by atoms with E-state index in [2.05, 4.69) is 28.4 Å². The van der Waals surface area contributed by atoms with Crippen LogP contribution in [-0.4, -0.2) is 17.6 Å². The Balaban J connectivity index is 1.70. The summed E-state index contributed by atoms with van der Waals surface area (Å²) < 4.78 is 0. The highest BCUT2D eigenvalue weighted by Gasteiger charge is 2.02. The number of carbonyl (C=O) groups is 1. The Morgan fingerprint density at radius 1 is 0.958 bits per heavy atom. The van der Waals surface area contributed by atoms with E-state index in [1.807, 2.05) is 55.5 Å². The van der Waals surface area contributed by atoms with Gasteiger partial charge in [0, 0.05) is 11.4 Å². The molecule has 0 radical (unpaired) electrons. The number of aryl methyl sites for hydroxylation is 2. The van der Waals surface area contributed by atoms with Gasteiger partial charge in [-0.15, -0.1) is 0 Å². The predicted molar refractivity (Wildman–Crippen MR) is 103 cm³/mol. The summed E-state index contributed by atoms with van der Waals surface area (Å²) in [5.74, 6) is -0.207. The van der Waals surface area contributed by atoms with Crippen LogP contribution >= 0.6 is 12.2 Å². The minimum atomic E-state index is -0.207. The molecule has 0 unspecified atom stereocenters. The maximum absolute atomic E-state index is 11.8. The lowest BCUT2D eigenvalue weighted by Crippen LogP contribution is -2.45. The van der Waals surface area contributed by atoms with Gasteiger partial charge in [0.2, 0.25) is 0 Å². The largest absolute Gasteiger partial charge is 0.376 e. The topological polar surface area (TPSA) is 65.2 Å². The molecule has 126 valence electrons. The minimum Gasteiger partial charge on any atom is -0.376 e. The predicted octanol–water partition coefficient (Wildman–Crippen LogP) is 2.99. The highest BCUT2D eigenvalue weighted by atomic mass is 32.1. The molecule has 0 aliphatic heterocycles. The number of anilines is 2. The molecule has 0 saturated heterocycles. The van der Waals surface area contributed by atoms with Crippen molar-refractivity contribution in [1.29, 1.82) is 0 Å². The van der Waals surface area contributed by atoms with Gasteiger partial charge >= 0.3 is 0 Å². The van der Waals surface area contributed by atoms with Crippen molar-refractivity contribution in [1.82, 2.24) is 10.9 Å². The molecular weight excluding hydrogens is 320 g/mol. The normalized spacial score (nSPS) is 9.92. The Kier molecular flexibility index (Phi) is 6.57. The number of benzene rings is 2. The summed E-state index contributed by atoms with van der Waals surface area (Å²) in [6.45, 7) is 4.28. The van der Waals surface area contributed by atoms with Crippen LogP contribution in [0.25, 0.3) is 0 Å². The molecule has 0 fully saturated rings. The van der Waals surface area contributed by atoms with E-state index in [-0.39, 0.29) is 12.5 Å². The van der Waals surface area contributed by atoms with Crippen molar-refractivity contribution < 1.29 is 4.79 Å². The summed E-state index contributed by atoms with van der Waals surface area (Å²) >= 11 is 5.15. The van der Waals surface area contributed by atoms with Gasteiger partial charge in [0.1, 0.15) is 0 Å². The van der Waals surface area contributed by atoms with Crippen LogP contribution in [0.1, 0.15) is 18.1 Å². The van der Waals surface area contributed by atoms with E-state index in [1.54, 1.807) is 0 Å². The zero-order valence-corrected chi connectivity index (χ0v) is 14.7. The Labute approximate surface area is 147 Å². The number of hydrogen-bond acceptors (Lipinski definition) is 3. The van der Waals surface area contributed by atoms with Crippen molar-refractivity contribution in [3.63, 3.8) is 0 Å². The molecule has 0 heterocycles. The monoisotopic (exact) mass is 342 g/mol. The van der Waals surface area contributed by atoms with Crippen molar-refractivity contribution in [2.24, 2.45) is 0 Å². The number of thiocarbonyl (C=S) groups is 1. The molecule has 4 N–H and O–H groups in total. The van der Waals surface area contributed by atoms with Gasteiger partial charge in [0.25, 0.3) is 5.91 Å². The molecular formula is C18H22N4OS. The highest BCUT2D eigenvalue weighted by molar-refractivity contribution is 7.80. The average Bonchev–Trinajstić information content (AvgIpc) is 2.60. The van der Waals surface area contributed by atoms with Crippen LogP contribution in [0.2, 0.25) is 0 Å². The fourth-order valence-electron chi connectivity index (χ4n) is 2.01. The molecule has 2 aromatic rings. The van der Waals surface area contributed by atoms with Crippen LogP contribution in [0.4, 0.5) is 11.4 Å². The van der Waals surface area contributed by atoms with E-state index in [4.69, 9.17) is 12.2 Å². The fraction of sp³-hybridized carbons (Fsp3) is 0.222. The van der Waals surface area contributed by atoms with Gasteiger partial charge in [-0.1, -0.05) is 36.8 Å². The quantitative estimate of drug-likeness (QED) is 0.497. The third kappa shape index (κ3) is 5.89.